The lowest BCUT2D eigenvalue weighted by molar-refractivity contribution is -0.0162. The van der Waals surface area contributed by atoms with Gasteiger partial charge in [0.25, 0.3) is 0 Å². The molecule has 0 aliphatic heterocycles. The number of carbonyl (C=O) groups is 1. The highest BCUT2D eigenvalue weighted by molar-refractivity contribution is 5.92. The van der Waals surface area contributed by atoms with Crippen molar-refractivity contribution in [2.75, 3.05) is 14.2 Å². The Balaban J connectivity index is 2.94. The molecule has 0 saturated carbocycles. The van der Waals surface area contributed by atoms with Crippen LogP contribution in [0.5, 0.6) is 5.75 Å². The van der Waals surface area contributed by atoms with Gasteiger partial charge in [-0.25, -0.2) is 4.79 Å². The highest BCUT2D eigenvalue weighted by Gasteiger charge is 2.14. The van der Waals surface area contributed by atoms with E-state index in [0.717, 1.165) is 0 Å². The van der Waals surface area contributed by atoms with Crippen molar-refractivity contribution in [1.29, 1.82) is 0 Å². The summed E-state index contributed by atoms with van der Waals surface area (Å²) in [7, 11) is 2.81. The van der Waals surface area contributed by atoms with Gasteiger partial charge in [-0.15, -0.1) is 0 Å². The molecule has 1 atom stereocenters. The molecule has 0 aliphatic rings. The molecule has 1 rings (SSSR count). The number of benzene rings is 1. The topological polar surface area (TPSA) is 44.8 Å². The van der Waals surface area contributed by atoms with Crippen LogP contribution in [0.2, 0.25) is 0 Å². The van der Waals surface area contributed by atoms with Gasteiger partial charge in [-0.3, -0.25) is 0 Å². The average molecular weight is 222 g/mol. The third-order valence-corrected chi connectivity index (χ3v) is 1.96. The second-order valence-electron chi connectivity index (χ2n) is 2.95. The molecule has 0 N–H and O–H groups in total. The lowest BCUT2D eigenvalue weighted by Crippen LogP contribution is -2.17. The standard InChI is InChI=1S/C12H14O4/c1-4-11(14-2)16-10-8-6-5-7-9(10)12(13)15-3/h4-8,11H,1H2,2-3H3. The first-order valence-corrected chi connectivity index (χ1v) is 4.72. The first kappa shape index (κ1) is 12.3. The molecule has 0 spiro atoms. The summed E-state index contributed by atoms with van der Waals surface area (Å²) in [5.41, 5.74) is 0.355. The van der Waals surface area contributed by atoms with E-state index in [9.17, 15) is 4.79 Å². The number of para-hydroxylation sites is 1. The monoisotopic (exact) mass is 222 g/mol. The van der Waals surface area contributed by atoms with Gasteiger partial charge < -0.3 is 14.2 Å². The van der Waals surface area contributed by atoms with Gasteiger partial charge >= 0.3 is 5.97 Å². The van der Waals surface area contributed by atoms with Crippen LogP contribution in [0.1, 0.15) is 10.4 Å². The van der Waals surface area contributed by atoms with Crippen molar-refractivity contribution in [3.05, 3.63) is 42.5 Å². The molecule has 0 heterocycles. The van der Waals surface area contributed by atoms with Crippen LogP contribution >= 0.6 is 0 Å². The Morgan fingerprint density at radius 3 is 2.62 bits per heavy atom. The van der Waals surface area contributed by atoms with Crippen molar-refractivity contribution < 1.29 is 19.0 Å². The molecule has 1 aromatic carbocycles. The lowest BCUT2D eigenvalue weighted by Gasteiger charge is -2.15. The number of esters is 1. The Bertz CT molecular complexity index is 373. The van der Waals surface area contributed by atoms with Gasteiger partial charge in [0.05, 0.1) is 7.11 Å². The van der Waals surface area contributed by atoms with Gasteiger partial charge in [-0.2, -0.15) is 0 Å². The maximum absolute atomic E-state index is 11.4. The van der Waals surface area contributed by atoms with Crippen LogP contribution in [0.25, 0.3) is 0 Å². The highest BCUT2D eigenvalue weighted by atomic mass is 16.7. The summed E-state index contributed by atoms with van der Waals surface area (Å²) in [6.07, 6.45) is 0.902. The minimum Gasteiger partial charge on any atom is -0.465 e. The van der Waals surface area contributed by atoms with E-state index in [-0.39, 0.29) is 0 Å². The summed E-state index contributed by atoms with van der Waals surface area (Å²) in [5.74, 6) is -0.0457. The predicted octanol–water partition coefficient (Wildman–Crippen LogP) is 2.01. The molecule has 0 aliphatic carbocycles. The van der Waals surface area contributed by atoms with Crippen LogP contribution in [0, 0.1) is 0 Å². The second kappa shape index (κ2) is 5.92. The number of rotatable bonds is 5. The van der Waals surface area contributed by atoms with Crippen molar-refractivity contribution in [1.82, 2.24) is 0 Å². The average Bonchev–Trinajstić information content (AvgIpc) is 2.35. The second-order valence-corrected chi connectivity index (χ2v) is 2.95. The summed E-state index contributed by atoms with van der Waals surface area (Å²) in [5, 5.41) is 0. The summed E-state index contributed by atoms with van der Waals surface area (Å²) >= 11 is 0. The Labute approximate surface area is 94.4 Å². The molecule has 0 amide bonds. The van der Waals surface area contributed by atoms with E-state index >= 15 is 0 Å². The SMILES string of the molecule is C=CC(OC)Oc1ccccc1C(=O)OC. The molecule has 0 aromatic heterocycles. The van der Waals surface area contributed by atoms with Crippen molar-refractivity contribution >= 4 is 5.97 Å². The maximum atomic E-state index is 11.4. The van der Waals surface area contributed by atoms with E-state index in [1.807, 2.05) is 0 Å². The van der Waals surface area contributed by atoms with Crippen LogP contribution in [-0.4, -0.2) is 26.5 Å². The van der Waals surface area contributed by atoms with Crippen LogP contribution in [-0.2, 0) is 9.47 Å². The smallest absolute Gasteiger partial charge is 0.341 e. The summed E-state index contributed by atoms with van der Waals surface area (Å²) in [6.45, 7) is 3.56. The largest absolute Gasteiger partial charge is 0.465 e. The van der Waals surface area contributed by atoms with Gasteiger partial charge in [0.2, 0.25) is 6.29 Å². The van der Waals surface area contributed by atoms with E-state index < -0.39 is 12.3 Å². The minimum atomic E-state index is -0.592. The molecule has 0 fully saturated rings. The highest BCUT2D eigenvalue weighted by Crippen LogP contribution is 2.20. The van der Waals surface area contributed by atoms with Crippen LogP contribution in [0.3, 0.4) is 0 Å². The Kier molecular flexibility index (Phi) is 4.54. The molecule has 4 heteroatoms. The van der Waals surface area contributed by atoms with E-state index in [1.165, 1.54) is 20.3 Å². The van der Waals surface area contributed by atoms with E-state index in [4.69, 9.17) is 9.47 Å². The predicted molar refractivity (Wildman–Crippen MR) is 59.4 cm³/mol. The van der Waals surface area contributed by atoms with Gasteiger partial charge in [0.15, 0.2) is 0 Å². The van der Waals surface area contributed by atoms with E-state index in [0.29, 0.717) is 11.3 Å². The number of carbonyl (C=O) groups excluding carboxylic acids is 1. The minimum absolute atomic E-state index is 0.355. The first-order chi connectivity index (χ1) is 7.72. The summed E-state index contributed by atoms with van der Waals surface area (Å²) in [6, 6.07) is 6.78. The zero-order valence-corrected chi connectivity index (χ0v) is 9.30. The molecule has 16 heavy (non-hydrogen) atoms. The molecule has 4 nitrogen and oxygen atoms in total. The maximum Gasteiger partial charge on any atom is 0.341 e. The molecule has 0 saturated heterocycles. The first-order valence-electron chi connectivity index (χ1n) is 4.72. The Hall–Kier alpha value is -1.81. The van der Waals surface area contributed by atoms with Crippen LogP contribution < -0.4 is 4.74 Å². The van der Waals surface area contributed by atoms with E-state index in [2.05, 4.69) is 11.3 Å². The molecular weight excluding hydrogens is 208 g/mol. The molecular formula is C12H14O4. The Morgan fingerprint density at radius 2 is 2.06 bits per heavy atom. The third-order valence-electron chi connectivity index (χ3n) is 1.96. The zero-order valence-electron chi connectivity index (χ0n) is 9.30. The Morgan fingerprint density at radius 1 is 1.38 bits per heavy atom. The number of hydrogen-bond donors (Lipinski definition) is 0. The summed E-state index contributed by atoms with van der Waals surface area (Å²) < 4.78 is 15.0. The fourth-order valence-electron chi connectivity index (χ4n) is 1.17. The fraction of sp³-hybridized carbons (Fsp3) is 0.250. The van der Waals surface area contributed by atoms with E-state index in [1.54, 1.807) is 24.3 Å². The normalized spacial score (nSPS) is 11.6. The fourth-order valence-corrected chi connectivity index (χ4v) is 1.17. The molecule has 1 aromatic rings. The van der Waals surface area contributed by atoms with Gasteiger partial charge in [0.1, 0.15) is 11.3 Å². The van der Waals surface area contributed by atoms with Gasteiger partial charge in [0, 0.05) is 7.11 Å². The van der Waals surface area contributed by atoms with Crippen molar-refractivity contribution in [2.24, 2.45) is 0 Å². The number of methoxy groups -OCH3 is 2. The molecule has 0 bridgehead atoms. The summed E-state index contributed by atoms with van der Waals surface area (Å²) in [4.78, 5) is 11.4. The van der Waals surface area contributed by atoms with Gasteiger partial charge in [-0.05, 0) is 18.2 Å². The van der Waals surface area contributed by atoms with Crippen LogP contribution in [0.4, 0.5) is 0 Å². The van der Waals surface area contributed by atoms with Gasteiger partial charge in [-0.1, -0.05) is 18.7 Å². The number of ether oxygens (including phenoxy) is 3. The third kappa shape index (κ3) is 2.84. The van der Waals surface area contributed by atoms with Crippen molar-refractivity contribution in [3.8, 4) is 5.75 Å². The quantitative estimate of drug-likeness (QED) is 0.434. The number of hydrogen-bond acceptors (Lipinski definition) is 4. The van der Waals surface area contributed by atoms with Crippen LogP contribution in [0.15, 0.2) is 36.9 Å². The van der Waals surface area contributed by atoms with Crippen molar-refractivity contribution in [2.45, 2.75) is 6.29 Å². The molecule has 1 unspecified atom stereocenters. The molecule has 0 radical (unpaired) electrons. The lowest BCUT2D eigenvalue weighted by atomic mass is 10.2. The zero-order chi connectivity index (χ0) is 12.0. The molecule has 86 valence electrons. The van der Waals surface area contributed by atoms with Crippen molar-refractivity contribution in [3.63, 3.8) is 0 Å².